The molecule has 3 rings (SSSR count). The van der Waals surface area contributed by atoms with E-state index in [1.165, 1.54) is 32.1 Å². The first-order valence-corrected chi connectivity index (χ1v) is 6.38. The summed E-state index contributed by atoms with van der Waals surface area (Å²) in [7, 11) is 12.8. The van der Waals surface area contributed by atoms with Crippen LogP contribution in [0.25, 0.3) is 0 Å². The molecule has 0 aromatic heterocycles. The number of hydrogen-bond acceptors (Lipinski definition) is 0. The zero-order valence-electron chi connectivity index (χ0n) is 10.4. The summed E-state index contributed by atoms with van der Waals surface area (Å²) in [5, 5.41) is -0.496. The van der Waals surface area contributed by atoms with Gasteiger partial charge in [-0.15, -0.1) is 0 Å². The zero-order valence-corrected chi connectivity index (χ0v) is 10.4. The highest BCUT2D eigenvalue weighted by molar-refractivity contribution is 6.40. The molecule has 80 valence electrons. The Kier molecular flexibility index (Phi) is 2.76. The SMILES string of the molecule is [B]C([B])(C1CCC2CC(C2)C1)C(C)(C)C. The Morgan fingerprint density at radius 2 is 1.47 bits per heavy atom. The quantitative estimate of drug-likeness (QED) is 0.569. The Balaban J connectivity index is 2.09. The van der Waals surface area contributed by atoms with E-state index in [9.17, 15) is 0 Å². The topological polar surface area (TPSA) is 0 Å². The van der Waals surface area contributed by atoms with Crippen molar-refractivity contribution in [3.8, 4) is 0 Å². The predicted molar refractivity (Wildman–Crippen MR) is 67.2 cm³/mol. The van der Waals surface area contributed by atoms with E-state index in [1.54, 1.807) is 0 Å². The van der Waals surface area contributed by atoms with E-state index in [4.69, 9.17) is 15.7 Å². The molecule has 0 N–H and O–H groups in total. The molecule has 2 heteroatoms. The predicted octanol–water partition coefficient (Wildman–Crippen LogP) is 3.31. The summed E-state index contributed by atoms with van der Waals surface area (Å²) in [5.41, 5.74) is 0.00634. The van der Waals surface area contributed by atoms with E-state index in [0.717, 1.165) is 11.8 Å². The molecule has 0 spiro atoms. The van der Waals surface area contributed by atoms with Crippen LogP contribution in [-0.2, 0) is 0 Å². The molecule has 3 fully saturated rings. The van der Waals surface area contributed by atoms with Crippen molar-refractivity contribution >= 4 is 15.7 Å². The van der Waals surface area contributed by atoms with Crippen LogP contribution in [-0.4, -0.2) is 15.7 Å². The van der Waals surface area contributed by atoms with E-state index in [2.05, 4.69) is 20.8 Å². The van der Waals surface area contributed by atoms with Gasteiger partial charge in [0.1, 0.15) is 0 Å². The van der Waals surface area contributed by atoms with Gasteiger partial charge in [-0.05, 0) is 36.5 Å². The van der Waals surface area contributed by atoms with Crippen LogP contribution in [0.15, 0.2) is 0 Å². The summed E-state index contributed by atoms with van der Waals surface area (Å²) in [6, 6.07) is 0. The molecule has 2 bridgehead atoms. The van der Waals surface area contributed by atoms with Crippen molar-refractivity contribution in [3.05, 3.63) is 0 Å². The van der Waals surface area contributed by atoms with Gasteiger partial charge in [-0.1, -0.05) is 44.7 Å². The first-order chi connectivity index (χ1) is 6.80. The lowest BCUT2D eigenvalue weighted by Crippen LogP contribution is -2.37. The van der Waals surface area contributed by atoms with Crippen LogP contribution < -0.4 is 0 Å². The highest BCUT2D eigenvalue weighted by Gasteiger charge is 2.43. The molecule has 0 aromatic carbocycles. The normalized spacial score (nSPS) is 36.9. The van der Waals surface area contributed by atoms with Crippen LogP contribution in [0, 0.1) is 23.2 Å². The monoisotopic (exact) mass is 200 g/mol. The van der Waals surface area contributed by atoms with Gasteiger partial charge >= 0.3 is 0 Å². The van der Waals surface area contributed by atoms with Crippen molar-refractivity contribution in [2.24, 2.45) is 23.2 Å². The Morgan fingerprint density at radius 1 is 0.867 bits per heavy atom. The van der Waals surface area contributed by atoms with Gasteiger partial charge in [0.15, 0.2) is 0 Å². The maximum Gasteiger partial charge on any atom is 0.0631 e. The lowest BCUT2D eigenvalue weighted by molar-refractivity contribution is 0.177. The summed E-state index contributed by atoms with van der Waals surface area (Å²) >= 11 is 0. The van der Waals surface area contributed by atoms with Crippen LogP contribution in [0.4, 0.5) is 0 Å². The van der Waals surface area contributed by atoms with E-state index in [1.807, 2.05) is 0 Å². The fraction of sp³-hybridized carbons (Fsp3) is 1.00. The molecule has 0 aromatic rings. The van der Waals surface area contributed by atoms with Crippen molar-refractivity contribution in [1.29, 1.82) is 0 Å². The molecule has 1 unspecified atom stereocenters. The summed E-state index contributed by atoms with van der Waals surface area (Å²) in [6.07, 6.45) is 6.74. The highest BCUT2D eigenvalue weighted by Crippen LogP contribution is 2.55. The van der Waals surface area contributed by atoms with Crippen LogP contribution in [0.3, 0.4) is 0 Å². The van der Waals surface area contributed by atoms with E-state index >= 15 is 0 Å². The number of rotatable bonds is 1. The van der Waals surface area contributed by atoms with Gasteiger partial charge in [-0.2, -0.15) is 0 Å². The Labute approximate surface area is 97.4 Å². The van der Waals surface area contributed by atoms with Crippen molar-refractivity contribution in [2.75, 3.05) is 0 Å². The zero-order chi connectivity index (χ0) is 11.3. The number of hydrogen-bond donors (Lipinski definition) is 0. The minimum absolute atomic E-state index is 0.00634. The molecule has 1 atom stereocenters. The standard InChI is InChI=1S/C13H22B2/c1-12(2,3)13(14,15)11-5-4-9-6-10(7-9)8-11/h9-11H,4-8H2,1-3H3. The highest BCUT2D eigenvalue weighted by atomic mass is 14.5. The molecular weight excluding hydrogens is 178 g/mol. The van der Waals surface area contributed by atoms with Gasteiger partial charge in [-0.25, -0.2) is 0 Å². The summed E-state index contributed by atoms with van der Waals surface area (Å²) in [5.74, 6) is 2.45. The molecule has 0 amide bonds. The molecular formula is C13H22B2. The molecule has 15 heavy (non-hydrogen) atoms. The summed E-state index contributed by atoms with van der Waals surface area (Å²) in [6.45, 7) is 6.51. The third-order valence-corrected chi connectivity index (χ3v) is 4.85. The minimum Gasteiger partial charge on any atom is -0.0916 e. The van der Waals surface area contributed by atoms with Gasteiger partial charge < -0.3 is 0 Å². The van der Waals surface area contributed by atoms with Crippen LogP contribution in [0.2, 0.25) is 5.21 Å². The van der Waals surface area contributed by atoms with Gasteiger partial charge in [0.25, 0.3) is 0 Å². The van der Waals surface area contributed by atoms with Crippen molar-refractivity contribution in [3.63, 3.8) is 0 Å². The molecule has 3 aliphatic carbocycles. The summed E-state index contributed by atoms with van der Waals surface area (Å²) < 4.78 is 0. The second-order valence-corrected chi connectivity index (χ2v) is 6.90. The Bertz CT molecular complexity index is 233. The third kappa shape index (κ3) is 2.01. The molecule has 3 saturated carbocycles. The first-order valence-electron chi connectivity index (χ1n) is 6.38. The molecule has 0 heterocycles. The number of fused-ring (bicyclic) bond motifs is 3. The van der Waals surface area contributed by atoms with Crippen LogP contribution >= 0.6 is 0 Å². The Hall–Kier alpha value is 0.130. The van der Waals surface area contributed by atoms with Crippen molar-refractivity contribution in [2.45, 2.75) is 58.1 Å². The smallest absolute Gasteiger partial charge is 0.0631 e. The van der Waals surface area contributed by atoms with Crippen LogP contribution in [0.1, 0.15) is 52.9 Å². The van der Waals surface area contributed by atoms with Gasteiger partial charge in [0.05, 0.1) is 15.7 Å². The fourth-order valence-corrected chi connectivity index (χ4v) is 3.31. The van der Waals surface area contributed by atoms with Gasteiger partial charge in [0, 0.05) is 0 Å². The van der Waals surface area contributed by atoms with Gasteiger partial charge in [0.2, 0.25) is 0 Å². The first kappa shape index (κ1) is 11.6. The average Bonchev–Trinajstić information content (AvgIpc) is 2.30. The fourth-order valence-electron chi connectivity index (χ4n) is 3.31. The maximum absolute atomic E-state index is 6.40. The van der Waals surface area contributed by atoms with Gasteiger partial charge in [-0.3, -0.25) is 0 Å². The summed E-state index contributed by atoms with van der Waals surface area (Å²) in [4.78, 5) is 0. The van der Waals surface area contributed by atoms with Crippen molar-refractivity contribution < 1.29 is 0 Å². The minimum atomic E-state index is -0.496. The molecule has 4 radical (unpaired) electrons. The molecule has 3 aliphatic rings. The van der Waals surface area contributed by atoms with E-state index < -0.39 is 5.21 Å². The van der Waals surface area contributed by atoms with Crippen LogP contribution in [0.5, 0.6) is 0 Å². The molecule has 0 saturated heterocycles. The van der Waals surface area contributed by atoms with E-state index in [-0.39, 0.29) is 5.41 Å². The lowest BCUT2D eigenvalue weighted by Gasteiger charge is -2.47. The van der Waals surface area contributed by atoms with Crippen molar-refractivity contribution in [1.82, 2.24) is 0 Å². The molecule has 0 nitrogen and oxygen atoms in total. The Morgan fingerprint density at radius 3 is 2.00 bits per heavy atom. The molecule has 0 aliphatic heterocycles. The third-order valence-electron chi connectivity index (χ3n) is 4.85. The maximum atomic E-state index is 6.40. The second kappa shape index (κ2) is 3.57. The lowest BCUT2D eigenvalue weighted by atomic mass is 9.37. The largest absolute Gasteiger partial charge is 0.0916 e. The second-order valence-electron chi connectivity index (χ2n) is 6.90. The van der Waals surface area contributed by atoms with E-state index in [0.29, 0.717) is 5.92 Å². The average molecular weight is 200 g/mol.